The normalized spacial score (nSPS) is 18.9. The van der Waals surface area contributed by atoms with E-state index in [1.807, 2.05) is 6.92 Å². The predicted octanol–water partition coefficient (Wildman–Crippen LogP) is 0.375. The van der Waals surface area contributed by atoms with Crippen molar-refractivity contribution in [2.24, 2.45) is 10.7 Å². The van der Waals surface area contributed by atoms with E-state index in [1.54, 1.807) is 7.11 Å². The van der Waals surface area contributed by atoms with Crippen molar-refractivity contribution >= 4 is 11.9 Å². The topological polar surface area (TPSA) is 88.7 Å². The van der Waals surface area contributed by atoms with Gasteiger partial charge in [-0.25, -0.2) is 4.99 Å². The molecule has 110 valence electrons. The molecule has 6 nitrogen and oxygen atoms in total. The molecule has 0 bridgehead atoms. The molecule has 6 heteroatoms. The molecule has 0 heterocycles. The van der Waals surface area contributed by atoms with Crippen molar-refractivity contribution in [2.45, 2.75) is 51.1 Å². The van der Waals surface area contributed by atoms with Crippen LogP contribution in [0, 0.1) is 0 Å². The van der Waals surface area contributed by atoms with Gasteiger partial charge in [-0.15, -0.1) is 0 Å². The standard InChI is InChI=1S/C13H26N4O2/c1-10(9-19-2)16-13(14)15-8-12(18)17-11-6-4-3-5-7-11/h10-11H,3-9H2,1-2H3,(H,17,18)(H3,14,15,16). The third-order valence-electron chi connectivity index (χ3n) is 3.17. The fourth-order valence-corrected chi connectivity index (χ4v) is 2.27. The lowest BCUT2D eigenvalue weighted by Crippen LogP contribution is -2.42. The highest BCUT2D eigenvalue weighted by molar-refractivity contribution is 5.84. The fraction of sp³-hybridized carbons (Fsp3) is 0.846. The molecule has 1 saturated carbocycles. The number of hydrogen-bond acceptors (Lipinski definition) is 3. The van der Waals surface area contributed by atoms with Crippen molar-refractivity contribution in [3.63, 3.8) is 0 Å². The summed E-state index contributed by atoms with van der Waals surface area (Å²) in [6.45, 7) is 2.56. The summed E-state index contributed by atoms with van der Waals surface area (Å²) in [7, 11) is 1.63. The van der Waals surface area contributed by atoms with Gasteiger partial charge in [-0.3, -0.25) is 4.79 Å². The molecule has 1 fully saturated rings. The largest absolute Gasteiger partial charge is 0.383 e. The van der Waals surface area contributed by atoms with Gasteiger partial charge in [0.15, 0.2) is 5.96 Å². The maximum Gasteiger partial charge on any atom is 0.242 e. The molecule has 0 saturated heterocycles. The van der Waals surface area contributed by atoms with Crippen LogP contribution in [0.5, 0.6) is 0 Å². The van der Waals surface area contributed by atoms with E-state index in [9.17, 15) is 4.79 Å². The third kappa shape index (κ3) is 7.00. The second-order valence-electron chi connectivity index (χ2n) is 5.10. The van der Waals surface area contributed by atoms with Crippen LogP contribution < -0.4 is 16.4 Å². The summed E-state index contributed by atoms with van der Waals surface area (Å²) in [5, 5.41) is 5.96. The van der Waals surface area contributed by atoms with Gasteiger partial charge in [0, 0.05) is 19.2 Å². The number of nitrogens with one attached hydrogen (secondary N) is 2. The zero-order chi connectivity index (χ0) is 14.1. The molecule has 0 aromatic heterocycles. The number of nitrogens with zero attached hydrogens (tertiary/aromatic N) is 1. The lowest BCUT2D eigenvalue weighted by Gasteiger charge is -2.22. The van der Waals surface area contributed by atoms with Crippen LogP contribution >= 0.6 is 0 Å². The average molecular weight is 270 g/mol. The van der Waals surface area contributed by atoms with Gasteiger partial charge in [0.05, 0.1) is 6.61 Å². The number of rotatable bonds is 6. The predicted molar refractivity (Wildman–Crippen MR) is 76.0 cm³/mol. The average Bonchev–Trinajstić information content (AvgIpc) is 2.38. The Morgan fingerprint density at radius 2 is 2.11 bits per heavy atom. The van der Waals surface area contributed by atoms with Crippen LogP contribution in [0.25, 0.3) is 0 Å². The molecule has 1 aliphatic rings. The molecular weight excluding hydrogens is 244 g/mol. The minimum atomic E-state index is -0.0592. The molecule has 0 aromatic carbocycles. The molecule has 1 atom stereocenters. The summed E-state index contributed by atoms with van der Waals surface area (Å²) in [6, 6.07) is 0.396. The Morgan fingerprint density at radius 3 is 2.74 bits per heavy atom. The Morgan fingerprint density at radius 1 is 1.42 bits per heavy atom. The molecule has 1 aliphatic carbocycles. The summed E-state index contributed by atoms with van der Waals surface area (Å²) in [4.78, 5) is 15.7. The molecule has 0 spiro atoms. The van der Waals surface area contributed by atoms with E-state index in [4.69, 9.17) is 10.5 Å². The number of carbonyl (C=O) groups is 1. The molecule has 19 heavy (non-hydrogen) atoms. The van der Waals surface area contributed by atoms with E-state index in [2.05, 4.69) is 15.6 Å². The molecule has 4 N–H and O–H groups in total. The van der Waals surface area contributed by atoms with Gasteiger partial charge >= 0.3 is 0 Å². The van der Waals surface area contributed by atoms with Crippen LogP contribution in [0.3, 0.4) is 0 Å². The second-order valence-corrected chi connectivity index (χ2v) is 5.10. The first kappa shape index (κ1) is 15.8. The van der Waals surface area contributed by atoms with Crippen LogP contribution in [0.1, 0.15) is 39.0 Å². The van der Waals surface area contributed by atoms with Crippen LogP contribution in [-0.4, -0.2) is 44.2 Å². The highest BCUT2D eigenvalue weighted by Crippen LogP contribution is 2.17. The molecule has 1 rings (SSSR count). The maximum atomic E-state index is 11.7. The van der Waals surface area contributed by atoms with E-state index in [0.29, 0.717) is 12.6 Å². The fourth-order valence-electron chi connectivity index (χ4n) is 2.27. The molecule has 0 aromatic rings. The zero-order valence-corrected chi connectivity index (χ0v) is 11.9. The van der Waals surface area contributed by atoms with E-state index < -0.39 is 0 Å². The van der Waals surface area contributed by atoms with Gasteiger partial charge in [-0.05, 0) is 19.8 Å². The van der Waals surface area contributed by atoms with Crippen LogP contribution in [0.4, 0.5) is 0 Å². The molecule has 0 aliphatic heterocycles. The number of carbonyl (C=O) groups excluding carboxylic acids is 1. The highest BCUT2D eigenvalue weighted by Gasteiger charge is 2.15. The summed E-state index contributed by atoms with van der Waals surface area (Å²) in [6.07, 6.45) is 5.83. The van der Waals surface area contributed by atoms with Gasteiger partial charge < -0.3 is 21.1 Å². The maximum absolute atomic E-state index is 11.7. The summed E-state index contributed by atoms with van der Waals surface area (Å²) < 4.78 is 4.98. The Bertz CT molecular complexity index is 301. The first-order chi connectivity index (χ1) is 9.11. The van der Waals surface area contributed by atoms with Gasteiger partial charge in [-0.2, -0.15) is 0 Å². The number of ether oxygens (including phenoxy) is 1. The Hall–Kier alpha value is -1.30. The van der Waals surface area contributed by atoms with Crippen LogP contribution in [0.2, 0.25) is 0 Å². The van der Waals surface area contributed by atoms with E-state index in [-0.39, 0.29) is 24.5 Å². The van der Waals surface area contributed by atoms with Crippen LogP contribution in [0.15, 0.2) is 4.99 Å². The van der Waals surface area contributed by atoms with Crippen molar-refractivity contribution in [3.05, 3.63) is 0 Å². The second kappa shape index (κ2) is 8.74. The minimum Gasteiger partial charge on any atom is -0.383 e. The summed E-state index contributed by atoms with van der Waals surface area (Å²) in [5.41, 5.74) is 5.69. The van der Waals surface area contributed by atoms with E-state index in [1.165, 1.54) is 19.3 Å². The number of aliphatic imine (C=N–C) groups is 1. The number of amides is 1. The minimum absolute atomic E-state index is 0.0592. The lowest BCUT2D eigenvalue weighted by molar-refractivity contribution is -0.120. The Labute approximate surface area is 115 Å². The van der Waals surface area contributed by atoms with Crippen molar-refractivity contribution in [1.29, 1.82) is 0 Å². The van der Waals surface area contributed by atoms with Crippen LogP contribution in [-0.2, 0) is 9.53 Å². The van der Waals surface area contributed by atoms with Gasteiger partial charge in [0.1, 0.15) is 6.54 Å². The quantitative estimate of drug-likeness (QED) is 0.481. The van der Waals surface area contributed by atoms with Crippen molar-refractivity contribution in [2.75, 3.05) is 20.3 Å². The number of methoxy groups -OCH3 is 1. The van der Waals surface area contributed by atoms with E-state index in [0.717, 1.165) is 12.8 Å². The first-order valence-corrected chi connectivity index (χ1v) is 6.96. The molecule has 1 unspecified atom stereocenters. The number of hydrogen-bond donors (Lipinski definition) is 3. The monoisotopic (exact) mass is 270 g/mol. The van der Waals surface area contributed by atoms with Gasteiger partial charge in [0.2, 0.25) is 5.91 Å². The number of nitrogens with two attached hydrogens (primary N) is 1. The van der Waals surface area contributed by atoms with Crippen molar-refractivity contribution in [1.82, 2.24) is 10.6 Å². The summed E-state index contributed by atoms with van der Waals surface area (Å²) in [5.74, 6) is 0.222. The Kier molecular flexibility index (Phi) is 7.25. The van der Waals surface area contributed by atoms with E-state index >= 15 is 0 Å². The highest BCUT2D eigenvalue weighted by atomic mass is 16.5. The number of guanidine groups is 1. The molecule has 1 amide bonds. The lowest BCUT2D eigenvalue weighted by atomic mass is 9.95. The summed E-state index contributed by atoms with van der Waals surface area (Å²) >= 11 is 0. The van der Waals surface area contributed by atoms with Gasteiger partial charge in [0.25, 0.3) is 0 Å². The van der Waals surface area contributed by atoms with Crippen molar-refractivity contribution < 1.29 is 9.53 Å². The zero-order valence-electron chi connectivity index (χ0n) is 11.9. The molecular formula is C13H26N4O2. The smallest absolute Gasteiger partial charge is 0.242 e. The molecule has 0 radical (unpaired) electrons. The van der Waals surface area contributed by atoms with Gasteiger partial charge in [-0.1, -0.05) is 19.3 Å². The third-order valence-corrected chi connectivity index (χ3v) is 3.17. The first-order valence-electron chi connectivity index (χ1n) is 6.96. The Balaban J connectivity index is 2.23. The SMILES string of the molecule is COCC(C)NC(N)=NCC(=O)NC1CCCCC1. The van der Waals surface area contributed by atoms with Crippen molar-refractivity contribution in [3.8, 4) is 0 Å².